The van der Waals surface area contributed by atoms with Crippen LogP contribution in [0.2, 0.25) is 0 Å². The van der Waals surface area contributed by atoms with Crippen molar-refractivity contribution in [3.63, 3.8) is 0 Å². The third kappa shape index (κ3) is 3.04. The molecule has 0 unspecified atom stereocenters. The van der Waals surface area contributed by atoms with Gasteiger partial charge in [-0.2, -0.15) is 10.2 Å². The third-order valence-electron chi connectivity index (χ3n) is 4.38. The third-order valence-corrected chi connectivity index (χ3v) is 4.38. The number of nitrogen functional groups attached to an aromatic ring is 2. The van der Waals surface area contributed by atoms with E-state index in [0.29, 0.717) is 12.2 Å². The number of rotatable bonds is 3. The molecule has 0 saturated carbocycles. The van der Waals surface area contributed by atoms with E-state index in [2.05, 4.69) is 9.97 Å². The van der Waals surface area contributed by atoms with Gasteiger partial charge in [0.2, 0.25) is 5.95 Å². The molecule has 0 spiro atoms. The fraction of sp³-hybridized carbons (Fsp3) is 0.0500. The van der Waals surface area contributed by atoms with E-state index >= 15 is 0 Å². The molecular weight excluding hydrogens is 343 g/mol. The van der Waals surface area contributed by atoms with Crippen molar-refractivity contribution >= 4 is 22.7 Å². The van der Waals surface area contributed by atoms with E-state index in [1.807, 2.05) is 41.1 Å². The Hall–Kier alpha value is -3.92. The Morgan fingerprint density at radius 2 is 1.81 bits per heavy atom. The predicted octanol–water partition coefficient (Wildman–Crippen LogP) is 3.32. The molecule has 0 atom stereocenters. The standard InChI is InChI=1S/C20H15FN6/c21-15-5-1-12(2-6-15)11-27-8-7-13-3-4-14(9-17(13)27)18-16(10-22)19(23)26-20(24)25-18/h1-9H,11H2,(H4,23,24,25,26). The fourth-order valence-corrected chi connectivity index (χ4v) is 3.07. The normalized spacial score (nSPS) is 10.8. The zero-order valence-electron chi connectivity index (χ0n) is 14.2. The summed E-state index contributed by atoms with van der Waals surface area (Å²) in [5.74, 6) is -0.188. The van der Waals surface area contributed by atoms with Gasteiger partial charge in [-0.25, -0.2) is 9.37 Å². The molecule has 0 radical (unpaired) electrons. The second-order valence-electron chi connectivity index (χ2n) is 6.15. The highest BCUT2D eigenvalue weighted by Crippen LogP contribution is 2.29. The fourth-order valence-electron chi connectivity index (χ4n) is 3.07. The molecule has 4 aromatic rings. The summed E-state index contributed by atoms with van der Waals surface area (Å²) >= 11 is 0. The van der Waals surface area contributed by atoms with Crippen LogP contribution in [-0.2, 0) is 6.54 Å². The molecule has 0 bridgehead atoms. The Balaban J connectivity index is 1.81. The number of nitrogens with zero attached hydrogens (tertiary/aromatic N) is 4. The molecule has 0 fully saturated rings. The number of fused-ring (bicyclic) bond motifs is 1. The van der Waals surface area contributed by atoms with Crippen molar-refractivity contribution in [2.75, 3.05) is 11.5 Å². The number of nitrogens with two attached hydrogens (primary N) is 2. The smallest absolute Gasteiger partial charge is 0.222 e. The molecule has 2 aromatic carbocycles. The second-order valence-corrected chi connectivity index (χ2v) is 6.15. The van der Waals surface area contributed by atoms with Crippen molar-refractivity contribution in [3.05, 3.63) is 71.7 Å². The average molecular weight is 358 g/mol. The van der Waals surface area contributed by atoms with Crippen LogP contribution >= 0.6 is 0 Å². The number of aromatic nitrogens is 3. The molecule has 0 saturated heterocycles. The van der Waals surface area contributed by atoms with Crippen LogP contribution in [0.15, 0.2) is 54.7 Å². The number of benzene rings is 2. The summed E-state index contributed by atoms with van der Waals surface area (Å²) in [6.07, 6.45) is 1.96. The highest BCUT2D eigenvalue weighted by atomic mass is 19.1. The van der Waals surface area contributed by atoms with Gasteiger partial charge in [0, 0.05) is 23.8 Å². The first-order valence-electron chi connectivity index (χ1n) is 8.22. The van der Waals surface area contributed by atoms with Crippen LogP contribution < -0.4 is 11.5 Å². The summed E-state index contributed by atoms with van der Waals surface area (Å²) in [4.78, 5) is 8.05. The van der Waals surface area contributed by atoms with E-state index in [0.717, 1.165) is 22.0 Å². The molecular formula is C20H15FN6. The van der Waals surface area contributed by atoms with Gasteiger partial charge in [0.15, 0.2) is 0 Å². The molecule has 2 heterocycles. The van der Waals surface area contributed by atoms with Gasteiger partial charge in [-0.15, -0.1) is 0 Å². The van der Waals surface area contributed by atoms with E-state index in [1.165, 1.54) is 12.1 Å². The summed E-state index contributed by atoms with van der Waals surface area (Å²) < 4.78 is 15.2. The Kier molecular flexibility index (Phi) is 3.94. The largest absolute Gasteiger partial charge is 0.382 e. The Labute approximate surface area is 154 Å². The second kappa shape index (κ2) is 6.42. The predicted molar refractivity (Wildman–Crippen MR) is 102 cm³/mol. The van der Waals surface area contributed by atoms with E-state index in [-0.39, 0.29) is 23.1 Å². The van der Waals surface area contributed by atoms with Crippen molar-refractivity contribution in [2.45, 2.75) is 6.54 Å². The number of halogens is 1. The van der Waals surface area contributed by atoms with E-state index < -0.39 is 0 Å². The van der Waals surface area contributed by atoms with Crippen molar-refractivity contribution in [1.82, 2.24) is 14.5 Å². The summed E-state index contributed by atoms with van der Waals surface area (Å²) in [6.45, 7) is 0.590. The minimum Gasteiger partial charge on any atom is -0.382 e. The lowest BCUT2D eigenvalue weighted by Crippen LogP contribution is -2.05. The minimum absolute atomic E-state index is 0.0169. The van der Waals surface area contributed by atoms with E-state index in [1.54, 1.807) is 12.1 Å². The lowest BCUT2D eigenvalue weighted by Gasteiger charge is -2.09. The molecule has 4 rings (SSSR count). The Bertz CT molecular complexity index is 1190. The minimum atomic E-state index is -0.263. The van der Waals surface area contributed by atoms with Gasteiger partial charge in [0.05, 0.1) is 5.69 Å². The first kappa shape index (κ1) is 16.5. The molecule has 27 heavy (non-hydrogen) atoms. The number of hydrogen-bond donors (Lipinski definition) is 2. The number of anilines is 2. The summed E-state index contributed by atoms with van der Waals surface area (Å²) in [7, 11) is 0. The van der Waals surface area contributed by atoms with E-state index in [4.69, 9.17) is 11.5 Å². The van der Waals surface area contributed by atoms with Crippen molar-refractivity contribution in [3.8, 4) is 17.3 Å². The molecule has 132 valence electrons. The average Bonchev–Trinajstić information content (AvgIpc) is 3.05. The SMILES string of the molecule is N#Cc1c(N)nc(N)nc1-c1ccc2ccn(Cc3ccc(F)cc3)c2c1. The van der Waals surface area contributed by atoms with Crippen LogP contribution in [0.5, 0.6) is 0 Å². The maximum absolute atomic E-state index is 13.1. The molecule has 6 nitrogen and oxygen atoms in total. The molecule has 0 aliphatic heterocycles. The summed E-state index contributed by atoms with van der Waals surface area (Å²) in [5.41, 5.74) is 14.8. The van der Waals surface area contributed by atoms with Gasteiger partial charge >= 0.3 is 0 Å². The molecule has 0 aliphatic rings. The Morgan fingerprint density at radius 3 is 2.56 bits per heavy atom. The molecule has 0 amide bonds. The molecule has 2 aromatic heterocycles. The van der Waals surface area contributed by atoms with Crippen molar-refractivity contribution in [1.29, 1.82) is 5.26 Å². The zero-order valence-corrected chi connectivity index (χ0v) is 14.2. The maximum Gasteiger partial charge on any atom is 0.222 e. The van der Waals surface area contributed by atoms with Crippen LogP contribution in [0.3, 0.4) is 0 Å². The lowest BCUT2D eigenvalue weighted by atomic mass is 10.1. The zero-order chi connectivity index (χ0) is 19.0. The van der Waals surface area contributed by atoms with Gasteiger partial charge < -0.3 is 16.0 Å². The topological polar surface area (TPSA) is 107 Å². The summed E-state index contributed by atoms with van der Waals surface area (Å²) in [5, 5.41) is 10.4. The van der Waals surface area contributed by atoms with Crippen LogP contribution in [0.1, 0.15) is 11.1 Å². The van der Waals surface area contributed by atoms with Crippen LogP contribution in [-0.4, -0.2) is 14.5 Å². The number of nitriles is 1. The number of hydrogen-bond acceptors (Lipinski definition) is 5. The van der Waals surface area contributed by atoms with Gasteiger partial charge in [-0.1, -0.05) is 24.3 Å². The van der Waals surface area contributed by atoms with E-state index in [9.17, 15) is 9.65 Å². The van der Waals surface area contributed by atoms with Crippen molar-refractivity contribution in [2.24, 2.45) is 0 Å². The quantitative estimate of drug-likeness (QED) is 0.584. The summed E-state index contributed by atoms with van der Waals surface area (Å²) in [6, 6.07) is 16.2. The van der Waals surface area contributed by atoms with Gasteiger partial charge in [-0.05, 0) is 35.2 Å². The molecule has 7 heteroatoms. The Morgan fingerprint density at radius 1 is 1.04 bits per heavy atom. The van der Waals surface area contributed by atoms with Gasteiger partial charge in [0.1, 0.15) is 23.3 Å². The first-order chi connectivity index (χ1) is 13.0. The van der Waals surface area contributed by atoms with Gasteiger partial charge in [0.25, 0.3) is 0 Å². The monoisotopic (exact) mass is 358 g/mol. The molecule has 0 aliphatic carbocycles. The van der Waals surface area contributed by atoms with Crippen LogP contribution in [0.25, 0.3) is 22.2 Å². The lowest BCUT2D eigenvalue weighted by molar-refractivity contribution is 0.626. The molecule has 4 N–H and O–H groups in total. The highest BCUT2D eigenvalue weighted by molar-refractivity contribution is 5.86. The van der Waals surface area contributed by atoms with Crippen molar-refractivity contribution < 1.29 is 4.39 Å². The first-order valence-corrected chi connectivity index (χ1v) is 8.22. The van der Waals surface area contributed by atoms with Crippen LogP contribution in [0, 0.1) is 17.1 Å². The van der Waals surface area contributed by atoms with Gasteiger partial charge in [-0.3, -0.25) is 0 Å². The maximum atomic E-state index is 13.1. The highest BCUT2D eigenvalue weighted by Gasteiger charge is 2.14. The van der Waals surface area contributed by atoms with Crippen LogP contribution in [0.4, 0.5) is 16.2 Å².